The van der Waals surface area contributed by atoms with Crippen molar-refractivity contribution in [2.45, 2.75) is 12.3 Å². The molecule has 0 amide bonds. The van der Waals surface area contributed by atoms with E-state index in [2.05, 4.69) is 11.8 Å². The molecule has 0 bridgehead atoms. The third kappa shape index (κ3) is 3.87. The molecular formula is C10H16NOS. The van der Waals surface area contributed by atoms with Gasteiger partial charge in [0, 0.05) is 0 Å². The molecule has 0 atom stereocenters. The SMILES string of the molecule is [CH2]CSCc1ccc(CN(C)C)o1. The van der Waals surface area contributed by atoms with Crippen molar-refractivity contribution in [3.05, 3.63) is 30.6 Å². The second kappa shape index (κ2) is 5.35. The van der Waals surface area contributed by atoms with Crippen molar-refractivity contribution in [2.75, 3.05) is 19.8 Å². The van der Waals surface area contributed by atoms with Gasteiger partial charge in [-0.2, -0.15) is 11.8 Å². The quantitative estimate of drug-likeness (QED) is 0.723. The summed E-state index contributed by atoms with van der Waals surface area (Å²) < 4.78 is 5.61. The van der Waals surface area contributed by atoms with Crippen LogP contribution in [0, 0.1) is 6.92 Å². The molecule has 0 aliphatic heterocycles. The summed E-state index contributed by atoms with van der Waals surface area (Å²) in [4.78, 5) is 2.09. The summed E-state index contributed by atoms with van der Waals surface area (Å²) in [6.45, 7) is 4.64. The van der Waals surface area contributed by atoms with Gasteiger partial charge in [0.2, 0.25) is 0 Å². The molecule has 0 N–H and O–H groups in total. The first-order valence-corrected chi connectivity index (χ1v) is 5.47. The van der Waals surface area contributed by atoms with Crippen molar-refractivity contribution in [3.8, 4) is 0 Å². The zero-order valence-electron chi connectivity index (χ0n) is 8.25. The van der Waals surface area contributed by atoms with Crippen LogP contribution in [-0.4, -0.2) is 24.7 Å². The fourth-order valence-electron chi connectivity index (χ4n) is 1.07. The summed E-state index contributed by atoms with van der Waals surface area (Å²) in [5.74, 6) is 3.90. The monoisotopic (exact) mass is 198 g/mol. The Balaban J connectivity index is 2.44. The molecule has 1 aromatic heterocycles. The van der Waals surface area contributed by atoms with Crippen LogP contribution in [0.5, 0.6) is 0 Å². The second-order valence-electron chi connectivity index (χ2n) is 3.16. The highest BCUT2D eigenvalue weighted by Crippen LogP contribution is 2.15. The van der Waals surface area contributed by atoms with Gasteiger partial charge in [0.25, 0.3) is 0 Å². The maximum Gasteiger partial charge on any atom is 0.118 e. The van der Waals surface area contributed by atoms with Crippen molar-refractivity contribution >= 4 is 11.8 Å². The molecule has 0 spiro atoms. The van der Waals surface area contributed by atoms with Crippen molar-refractivity contribution < 1.29 is 4.42 Å². The van der Waals surface area contributed by atoms with Gasteiger partial charge in [0.1, 0.15) is 11.5 Å². The lowest BCUT2D eigenvalue weighted by molar-refractivity contribution is 0.344. The molecule has 1 rings (SSSR count). The highest BCUT2D eigenvalue weighted by atomic mass is 32.2. The average Bonchev–Trinajstić information content (AvgIpc) is 2.48. The number of thioether (sulfide) groups is 1. The largest absolute Gasteiger partial charge is 0.464 e. The van der Waals surface area contributed by atoms with E-state index in [0.29, 0.717) is 0 Å². The van der Waals surface area contributed by atoms with Crippen molar-refractivity contribution in [1.29, 1.82) is 0 Å². The van der Waals surface area contributed by atoms with Crippen LogP contribution in [0.1, 0.15) is 11.5 Å². The van der Waals surface area contributed by atoms with Crippen molar-refractivity contribution in [3.63, 3.8) is 0 Å². The highest BCUT2D eigenvalue weighted by Gasteiger charge is 2.02. The van der Waals surface area contributed by atoms with Gasteiger partial charge in [-0.3, -0.25) is 0 Å². The second-order valence-corrected chi connectivity index (χ2v) is 4.26. The predicted molar refractivity (Wildman–Crippen MR) is 57.6 cm³/mol. The maximum absolute atomic E-state index is 5.61. The third-order valence-electron chi connectivity index (χ3n) is 1.58. The van der Waals surface area contributed by atoms with E-state index in [1.165, 1.54) is 0 Å². The molecule has 0 saturated heterocycles. The lowest BCUT2D eigenvalue weighted by Gasteiger charge is -2.05. The van der Waals surface area contributed by atoms with Crippen molar-refractivity contribution in [1.82, 2.24) is 4.90 Å². The fourth-order valence-corrected chi connectivity index (χ4v) is 1.57. The number of furan rings is 1. The highest BCUT2D eigenvalue weighted by molar-refractivity contribution is 7.98. The number of nitrogens with zero attached hydrogens (tertiary/aromatic N) is 1. The van der Waals surface area contributed by atoms with Gasteiger partial charge in [-0.15, -0.1) is 0 Å². The van der Waals surface area contributed by atoms with E-state index in [9.17, 15) is 0 Å². The maximum atomic E-state index is 5.61. The molecule has 0 saturated carbocycles. The minimum atomic E-state index is 0.870. The topological polar surface area (TPSA) is 16.4 Å². The van der Waals surface area contributed by atoms with Crippen LogP contribution in [0.4, 0.5) is 0 Å². The lowest BCUT2D eigenvalue weighted by atomic mass is 10.4. The smallest absolute Gasteiger partial charge is 0.118 e. The van der Waals surface area contributed by atoms with Gasteiger partial charge in [0.15, 0.2) is 0 Å². The van der Waals surface area contributed by atoms with Gasteiger partial charge in [-0.1, -0.05) is 0 Å². The fraction of sp³-hybridized carbons (Fsp3) is 0.500. The Morgan fingerprint density at radius 2 is 2.08 bits per heavy atom. The van der Waals surface area contributed by atoms with E-state index in [1.807, 2.05) is 26.2 Å². The average molecular weight is 198 g/mol. The van der Waals surface area contributed by atoms with E-state index in [1.54, 1.807) is 11.8 Å². The molecular weight excluding hydrogens is 182 g/mol. The van der Waals surface area contributed by atoms with Crippen LogP contribution in [0.2, 0.25) is 0 Å². The molecule has 13 heavy (non-hydrogen) atoms. The van der Waals surface area contributed by atoms with Crippen LogP contribution in [-0.2, 0) is 12.3 Å². The molecule has 73 valence electrons. The first-order valence-electron chi connectivity index (χ1n) is 4.31. The predicted octanol–water partition coefficient (Wildman–Crippen LogP) is 2.41. The Hall–Kier alpha value is -0.410. The van der Waals surface area contributed by atoms with Crippen LogP contribution < -0.4 is 0 Å². The van der Waals surface area contributed by atoms with E-state index < -0.39 is 0 Å². The zero-order valence-corrected chi connectivity index (χ0v) is 9.06. The van der Waals surface area contributed by atoms with Crippen LogP contribution in [0.25, 0.3) is 0 Å². The standard InChI is InChI=1S/C10H16NOS/c1-4-13-8-10-6-5-9(12-10)7-11(2)3/h5-6H,1,4,7-8H2,2-3H3. The first-order chi connectivity index (χ1) is 6.22. The Bertz CT molecular complexity index is 245. The van der Waals surface area contributed by atoms with E-state index in [4.69, 9.17) is 4.42 Å². The summed E-state index contributed by atoms with van der Waals surface area (Å²) in [6, 6.07) is 4.08. The number of hydrogen-bond acceptors (Lipinski definition) is 3. The summed E-state index contributed by atoms with van der Waals surface area (Å²) in [5, 5.41) is 0. The minimum Gasteiger partial charge on any atom is -0.464 e. The molecule has 0 unspecified atom stereocenters. The van der Waals surface area contributed by atoms with Crippen LogP contribution in [0.15, 0.2) is 16.5 Å². The molecule has 1 aromatic rings. The Labute approximate surface area is 84.3 Å². The van der Waals surface area contributed by atoms with Gasteiger partial charge >= 0.3 is 0 Å². The molecule has 0 fully saturated rings. The van der Waals surface area contributed by atoms with Gasteiger partial charge in [-0.05, 0) is 38.9 Å². The minimum absolute atomic E-state index is 0.870. The Morgan fingerprint density at radius 3 is 2.69 bits per heavy atom. The first kappa shape index (κ1) is 10.7. The van der Waals surface area contributed by atoms with Crippen LogP contribution in [0.3, 0.4) is 0 Å². The van der Waals surface area contributed by atoms with Crippen molar-refractivity contribution in [2.24, 2.45) is 0 Å². The number of hydrogen-bond donors (Lipinski definition) is 0. The Kier molecular flexibility index (Phi) is 4.39. The molecule has 3 heteroatoms. The van der Waals surface area contributed by atoms with Gasteiger partial charge < -0.3 is 9.32 Å². The van der Waals surface area contributed by atoms with E-state index in [0.717, 1.165) is 29.6 Å². The van der Waals surface area contributed by atoms with Crippen LogP contribution >= 0.6 is 11.8 Å². The van der Waals surface area contributed by atoms with Gasteiger partial charge in [0.05, 0.1) is 12.3 Å². The van der Waals surface area contributed by atoms with Gasteiger partial charge in [-0.25, -0.2) is 0 Å². The lowest BCUT2D eigenvalue weighted by Crippen LogP contribution is -2.09. The molecule has 2 nitrogen and oxygen atoms in total. The molecule has 1 radical (unpaired) electrons. The number of rotatable bonds is 5. The van der Waals surface area contributed by atoms with E-state index in [-0.39, 0.29) is 0 Å². The molecule has 1 heterocycles. The normalized spacial score (nSPS) is 11.1. The summed E-state index contributed by atoms with van der Waals surface area (Å²) in [7, 11) is 4.07. The summed E-state index contributed by atoms with van der Waals surface area (Å²) >= 11 is 1.77. The molecule has 0 aliphatic carbocycles. The molecule has 0 aliphatic rings. The third-order valence-corrected chi connectivity index (χ3v) is 2.36. The van der Waals surface area contributed by atoms with E-state index >= 15 is 0 Å². The summed E-state index contributed by atoms with van der Waals surface area (Å²) in [5.41, 5.74) is 0. The Morgan fingerprint density at radius 1 is 1.38 bits per heavy atom. The molecule has 0 aromatic carbocycles. The zero-order chi connectivity index (χ0) is 9.68. The summed E-state index contributed by atoms with van der Waals surface area (Å²) in [6.07, 6.45) is 0.